The minimum atomic E-state index is 1.02. The predicted octanol–water partition coefficient (Wildman–Crippen LogP) is 2.90. The fourth-order valence-electron chi connectivity index (χ4n) is 2.66. The number of fused-ring (bicyclic) bond motifs is 1. The SMILES string of the molecule is c1ccc(-n2nncc2-c2ccc3c(c2)CCN3)cc1. The van der Waals surface area contributed by atoms with E-state index in [-0.39, 0.29) is 0 Å². The average molecular weight is 262 g/mol. The molecule has 0 saturated heterocycles. The standard InChI is InChI=1S/C16H14N4/c1-2-4-14(5-3-1)20-16(11-18-19-20)13-6-7-15-12(10-13)8-9-17-15/h1-7,10-11,17H,8-9H2. The van der Waals surface area contributed by atoms with Gasteiger partial charge in [-0.15, -0.1) is 5.10 Å². The van der Waals surface area contributed by atoms with Crippen LogP contribution in [0.25, 0.3) is 16.9 Å². The second kappa shape index (κ2) is 4.49. The van der Waals surface area contributed by atoms with E-state index in [9.17, 15) is 0 Å². The molecule has 1 aliphatic heterocycles. The van der Waals surface area contributed by atoms with E-state index in [0.29, 0.717) is 0 Å². The fourth-order valence-corrected chi connectivity index (χ4v) is 2.66. The van der Waals surface area contributed by atoms with Gasteiger partial charge in [0, 0.05) is 17.8 Å². The van der Waals surface area contributed by atoms with Crippen molar-refractivity contribution in [3.05, 3.63) is 60.3 Å². The molecule has 0 atom stereocenters. The van der Waals surface area contributed by atoms with Crippen LogP contribution in [0.15, 0.2) is 54.7 Å². The highest BCUT2D eigenvalue weighted by Gasteiger charge is 2.13. The number of benzene rings is 2. The molecule has 2 aromatic carbocycles. The molecular weight excluding hydrogens is 248 g/mol. The molecule has 4 nitrogen and oxygen atoms in total. The van der Waals surface area contributed by atoms with Gasteiger partial charge in [0.15, 0.2) is 0 Å². The molecule has 1 N–H and O–H groups in total. The van der Waals surface area contributed by atoms with Crippen LogP contribution in [-0.2, 0) is 6.42 Å². The van der Waals surface area contributed by atoms with Crippen molar-refractivity contribution < 1.29 is 0 Å². The molecule has 20 heavy (non-hydrogen) atoms. The van der Waals surface area contributed by atoms with Crippen LogP contribution >= 0.6 is 0 Å². The van der Waals surface area contributed by atoms with Gasteiger partial charge in [0.2, 0.25) is 0 Å². The highest BCUT2D eigenvalue weighted by atomic mass is 15.4. The summed E-state index contributed by atoms with van der Waals surface area (Å²) in [6.45, 7) is 1.02. The zero-order chi connectivity index (χ0) is 13.4. The number of nitrogens with one attached hydrogen (secondary N) is 1. The second-order valence-corrected chi connectivity index (χ2v) is 4.92. The minimum absolute atomic E-state index is 1.02. The molecule has 98 valence electrons. The van der Waals surface area contributed by atoms with Gasteiger partial charge in [-0.05, 0) is 36.2 Å². The lowest BCUT2D eigenvalue weighted by Crippen LogP contribution is -1.99. The number of hydrogen-bond donors (Lipinski definition) is 1. The Hall–Kier alpha value is -2.62. The van der Waals surface area contributed by atoms with Crippen molar-refractivity contribution in [1.82, 2.24) is 15.0 Å². The normalized spacial score (nSPS) is 13.0. The van der Waals surface area contributed by atoms with Gasteiger partial charge in [-0.2, -0.15) is 0 Å². The molecular formula is C16H14N4. The maximum absolute atomic E-state index is 4.21. The van der Waals surface area contributed by atoms with Gasteiger partial charge in [0.1, 0.15) is 0 Å². The molecule has 4 heteroatoms. The molecule has 0 fully saturated rings. The van der Waals surface area contributed by atoms with Crippen LogP contribution in [-0.4, -0.2) is 21.5 Å². The lowest BCUT2D eigenvalue weighted by molar-refractivity contribution is 0.808. The van der Waals surface area contributed by atoms with Crippen LogP contribution in [0.1, 0.15) is 5.56 Å². The van der Waals surface area contributed by atoms with Gasteiger partial charge in [-0.3, -0.25) is 0 Å². The van der Waals surface area contributed by atoms with Crippen LogP contribution in [0.3, 0.4) is 0 Å². The van der Waals surface area contributed by atoms with Crippen LogP contribution in [0.2, 0.25) is 0 Å². The maximum atomic E-state index is 4.21. The van der Waals surface area contributed by atoms with Crippen molar-refractivity contribution in [2.45, 2.75) is 6.42 Å². The van der Waals surface area contributed by atoms with E-state index < -0.39 is 0 Å². The van der Waals surface area contributed by atoms with Gasteiger partial charge >= 0.3 is 0 Å². The minimum Gasteiger partial charge on any atom is -0.384 e. The van der Waals surface area contributed by atoms with Crippen molar-refractivity contribution in [2.24, 2.45) is 0 Å². The second-order valence-electron chi connectivity index (χ2n) is 4.92. The molecule has 0 spiro atoms. The third kappa shape index (κ3) is 1.77. The predicted molar refractivity (Wildman–Crippen MR) is 79.0 cm³/mol. The van der Waals surface area contributed by atoms with E-state index in [1.165, 1.54) is 11.3 Å². The molecule has 3 aromatic rings. The van der Waals surface area contributed by atoms with Crippen molar-refractivity contribution in [1.29, 1.82) is 0 Å². The molecule has 0 bridgehead atoms. The Bertz CT molecular complexity index is 746. The highest BCUT2D eigenvalue weighted by molar-refractivity contribution is 5.68. The topological polar surface area (TPSA) is 42.7 Å². The summed E-state index contributed by atoms with van der Waals surface area (Å²) in [6.07, 6.45) is 2.90. The van der Waals surface area contributed by atoms with E-state index in [0.717, 1.165) is 29.9 Å². The van der Waals surface area contributed by atoms with Crippen molar-refractivity contribution in [3.63, 3.8) is 0 Å². The number of anilines is 1. The maximum Gasteiger partial charge on any atom is 0.0944 e. The summed E-state index contributed by atoms with van der Waals surface area (Å²) in [7, 11) is 0. The Labute approximate surface area is 117 Å². The van der Waals surface area contributed by atoms with E-state index >= 15 is 0 Å². The Morgan fingerprint density at radius 1 is 1.05 bits per heavy atom. The quantitative estimate of drug-likeness (QED) is 0.772. The first-order valence-electron chi connectivity index (χ1n) is 6.75. The van der Waals surface area contributed by atoms with Crippen molar-refractivity contribution in [3.8, 4) is 16.9 Å². The third-order valence-corrected chi connectivity index (χ3v) is 3.66. The van der Waals surface area contributed by atoms with Gasteiger partial charge in [0.05, 0.1) is 17.6 Å². The summed E-state index contributed by atoms with van der Waals surface area (Å²) in [6, 6.07) is 16.6. The molecule has 0 unspecified atom stereocenters. The average Bonchev–Trinajstić information content (AvgIpc) is 3.16. The number of hydrogen-bond acceptors (Lipinski definition) is 3. The van der Waals surface area contributed by atoms with E-state index in [1.54, 1.807) is 0 Å². The van der Waals surface area contributed by atoms with Gasteiger partial charge < -0.3 is 5.32 Å². The summed E-state index contributed by atoms with van der Waals surface area (Å²) in [5.41, 5.74) is 5.81. The summed E-state index contributed by atoms with van der Waals surface area (Å²) >= 11 is 0. The lowest BCUT2D eigenvalue weighted by Gasteiger charge is -2.07. The molecule has 0 aliphatic carbocycles. The van der Waals surface area contributed by atoms with Gasteiger partial charge in [-0.1, -0.05) is 29.5 Å². The van der Waals surface area contributed by atoms with Crippen LogP contribution < -0.4 is 5.32 Å². The highest BCUT2D eigenvalue weighted by Crippen LogP contribution is 2.29. The smallest absolute Gasteiger partial charge is 0.0944 e. The zero-order valence-electron chi connectivity index (χ0n) is 11.0. The summed E-state index contributed by atoms with van der Waals surface area (Å²) in [5, 5.41) is 11.7. The fraction of sp³-hybridized carbons (Fsp3) is 0.125. The molecule has 0 saturated carbocycles. The first kappa shape index (κ1) is 11.2. The number of para-hydroxylation sites is 1. The number of rotatable bonds is 2. The Kier molecular flexibility index (Phi) is 2.52. The number of nitrogens with zero attached hydrogens (tertiary/aromatic N) is 3. The lowest BCUT2D eigenvalue weighted by atomic mass is 10.1. The first-order valence-corrected chi connectivity index (χ1v) is 6.75. The number of aromatic nitrogens is 3. The van der Waals surface area contributed by atoms with Gasteiger partial charge in [0.25, 0.3) is 0 Å². The van der Waals surface area contributed by atoms with Crippen LogP contribution in [0, 0.1) is 0 Å². The van der Waals surface area contributed by atoms with Crippen LogP contribution in [0.5, 0.6) is 0 Å². The Balaban J connectivity index is 1.82. The summed E-state index contributed by atoms with van der Waals surface area (Å²) in [4.78, 5) is 0. The summed E-state index contributed by atoms with van der Waals surface area (Å²) in [5.74, 6) is 0. The molecule has 0 radical (unpaired) electrons. The first-order chi connectivity index (χ1) is 9.92. The molecule has 2 heterocycles. The van der Waals surface area contributed by atoms with Crippen LogP contribution in [0.4, 0.5) is 5.69 Å². The zero-order valence-corrected chi connectivity index (χ0v) is 11.0. The third-order valence-electron chi connectivity index (χ3n) is 3.66. The molecule has 1 aromatic heterocycles. The summed E-state index contributed by atoms with van der Waals surface area (Å²) < 4.78 is 1.88. The van der Waals surface area contributed by atoms with Crippen molar-refractivity contribution >= 4 is 5.69 Å². The largest absolute Gasteiger partial charge is 0.384 e. The van der Waals surface area contributed by atoms with E-state index in [4.69, 9.17) is 0 Å². The van der Waals surface area contributed by atoms with E-state index in [1.807, 2.05) is 41.2 Å². The monoisotopic (exact) mass is 262 g/mol. The Morgan fingerprint density at radius 3 is 2.85 bits per heavy atom. The molecule has 1 aliphatic rings. The molecule has 4 rings (SSSR count). The Morgan fingerprint density at radius 2 is 1.95 bits per heavy atom. The van der Waals surface area contributed by atoms with Crippen molar-refractivity contribution in [2.75, 3.05) is 11.9 Å². The molecule has 0 amide bonds. The van der Waals surface area contributed by atoms with Gasteiger partial charge in [-0.25, -0.2) is 4.68 Å². The van der Waals surface area contributed by atoms with E-state index in [2.05, 4.69) is 33.8 Å².